The maximum Gasteiger partial charge on any atom is 0.0738 e. The number of hydrogen-bond acceptors (Lipinski definition) is 2. The Morgan fingerprint density at radius 2 is 2.11 bits per heavy atom. The van der Waals surface area contributed by atoms with Crippen LogP contribution in [0.25, 0.3) is 0 Å². The first-order chi connectivity index (χ1) is 8.51. The molecule has 1 aliphatic heterocycles. The van der Waals surface area contributed by atoms with E-state index in [9.17, 15) is 0 Å². The van der Waals surface area contributed by atoms with Crippen LogP contribution in [-0.2, 0) is 0 Å². The fourth-order valence-corrected chi connectivity index (χ4v) is 3.40. The SMILES string of the molecule is C#CC(C(C)C)N1CC(C)(C2CC2)NCC1CC. The van der Waals surface area contributed by atoms with E-state index in [4.69, 9.17) is 6.42 Å². The third-order valence-electron chi connectivity index (χ3n) is 4.83. The van der Waals surface area contributed by atoms with Crippen molar-refractivity contribution in [2.45, 2.75) is 64.6 Å². The molecule has 2 fully saturated rings. The van der Waals surface area contributed by atoms with Gasteiger partial charge in [0.15, 0.2) is 0 Å². The standard InChI is InChI=1S/C16H28N2/c1-6-14-10-17-16(5,13-8-9-13)11-18(14)15(7-2)12(3)4/h2,12-15,17H,6,8-11H2,1,3-5H3. The summed E-state index contributed by atoms with van der Waals surface area (Å²) in [6, 6.07) is 0.885. The maximum absolute atomic E-state index is 5.79. The minimum atomic E-state index is 0.287. The van der Waals surface area contributed by atoms with Crippen molar-refractivity contribution >= 4 is 0 Å². The van der Waals surface area contributed by atoms with E-state index in [0.717, 1.165) is 19.0 Å². The molecule has 2 rings (SSSR count). The molecule has 0 aromatic carbocycles. The van der Waals surface area contributed by atoms with E-state index in [-0.39, 0.29) is 11.6 Å². The van der Waals surface area contributed by atoms with Crippen LogP contribution in [-0.4, -0.2) is 35.6 Å². The normalized spacial score (nSPS) is 35.4. The van der Waals surface area contributed by atoms with Gasteiger partial charge in [-0.2, -0.15) is 0 Å². The molecule has 2 heteroatoms. The van der Waals surface area contributed by atoms with Crippen molar-refractivity contribution in [2.75, 3.05) is 13.1 Å². The summed E-state index contributed by atoms with van der Waals surface area (Å²) in [4.78, 5) is 2.60. The van der Waals surface area contributed by atoms with Crippen LogP contribution < -0.4 is 5.32 Å². The summed E-state index contributed by atoms with van der Waals surface area (Å²) in [5.74, 6) is 4.43. The van der Waals surface area contributed by atoms with E-state index >= 15 is 0 Å². The number of nitrogens with zero attached hydrogens (tertiary/aromatic N) is 1. The Hall–Kier alpha value is -0.520. The van der Waals surface area contributed by atoms with Crippen LogP contribution in [0.5, 0.6) is 0 Å². The van der Waals surface area contributed by atoms with Gasteiger partial charge in [0.25, 0.3) is 0 Å². The molecule has 0 spiro atoms. The second kappa shape index (κ2) is 5.23. The lowest BCUT2D eigenvalue weighted by molar-refractivity contribution is 0.0406. The average Bonchev–Trinajstić information content (AvgIpc) is 3.14. The molecule has 3 atom stereocenters. The zero-order valence-corrected chi connectivity index (χ0v) is 12.4. The van der Waals surface area contributed by atoms with Gasteiger partial charge in [-0.15, -0.1) is 6.42 Å². The van der Waals surface area contributed by atoms with E-state index in [0.29, 0.717) is 12.0 Å². The molecule has 1 N–H and O–H groups in total. The van der Waals surface area contributed by atoms with Crippen LogP contribution >= 0.6 is 0 Å². The molecule has 1 saturated heterocycles. The van der Waals surface area contributed by atoms with Gasteiger partial charge in [-0.3, -0.25) is 4.90 Å². The van der Waals surface area contributed by atoms with Crippen molar-refractivity contribution in [1.29, 1.82) is 0 Å². The molecular weight excluding hydrogens is 220 g/mol. The predicted molar refractivity (Wildman–Crippen MR) is 77.4 cm³/mol. The van der Waals surface area contributed by atoms with Crippen LogP contribution in [0.3, 0.4) is 0 Å². The monoisotopic (exact) mass is 248 g/mol. The predicted octanol–water partition coefficient (Wildman–Crippen LogP) is 2.50. The Labute approximate surface area is 113 Å². The molecule has 0 aromatic rings. The first kappa shape index (κ1) is 13.9. The van der Waals surface area contributed by atoms with E-state index in [2.05, 4.69) is 43.8 Å². The molecule has 2 nitrogen and oxygen atoms in total. The van der Waals surface area contributed by atoms with Gasteiger partial charge in [0.1, 0.15) is 0 Å². The summed E-state index contributed by atoms with van der Waals surface area (Å²) in [6.45, 7) is 11.4. The van der Waals surface area contributed by atoms with Crippen molar-refractivity contribution < 1.29 is 0 Å². The first-order valence-electron chi connectivity index (χ1n) is 7.48. The molecule has 1 heterocycles. The maximum atomic E-state index is 5.79. The summed E-state index contributed by atoms with van der Waals surface area (Å²) < 4.78 is 0. The average molecular weight is 248 g/mol. The molecule has 0 bridgehead atoms. The van der Waals surface area contributed by atoms with Gasteiger partial charge in [-0.1, -0.05) is 26.7 Å². The third kappa shape index (κ3) is 2.58. The number of nitrogens with one attached hydrogen (secondary N) is 1. The molecular formula is C16H28N2. The van der Waals surface area contributed by atoms with Crippen LogP contribution in [0.15, 0.2) is 0 Å². The van der Waals surface area contributed by atoms with Crippen molar-refractivity contribution in [3.05, 3.63) is 0 Å². The highest BCUT2D eigenvalue weighted by Crippen LogP contribution is 2.42. The van der Waals surface area contributed by atoms with Crippen LogP contribution in [0.4, 0.5) is 0 Å². The summed E-state index contributed by atoms with van der Waals surface area (Å²) >= 11 is 0. The summed E-state index contributed by atoms with van der Waals surface area (Å²) in [7, 11) is 0. The number of terminal acetylenes is 1. The largest absolute Gasteiger partial charge is 0.308 e. The van der Waals surface area contributed by atoms with Crippen molar-refractivity contribution in [2.24, 2.45) is 11.8 Å². The Morgan fingerprint density at radius 3 is 2.56 bits per heavy atom. The number of rotatable bonds is 4. The van der Waals surface area contributed by atoms with E-state index in [1.54, 1.807) is 0 Å². The smallest absolute Gasteiger partial charge is 0.0738 e. The van der Waals surface area contributed by atoms with Gasteiger partial charge in [0, 0.05) is 24.7 Å². The molecule has 0 aromatic heterocycles. The van der Waals surface area contributed by atoms with Gasteiger partial charge in [0.05, 0.1) is 6.04 Å². The fourth-order valence-electron chi connectivity index (χ4n) is 3.40. The molecule has 2 aliphatic rings. The van der Waals surface area contributed by atoms with E-state index in [1.165, 1.54) is 19.3 Å². The lowest BCUT2D eigenvalue weighted by Gasteiger charge is -2.49. The Kier molecular flexibility index (Phi) is 4.04. The summed E-state index contributed by atoms with van der Waals surface area (Å²) in [5, 5.41) is 3.80. The quantitative estimate of drug-likeness (QED) is 0.769. The van der Waals surface area contributed by atoms with Gasteiger partial charge in [0.2, 0.25) is 0 Å². The molecule has 1 saturated carbocycles. The molecule has 0 amide bonds. The second-order valence-corrected chi connectivity index (χ2v) is 6.66. The van der Waals surface area contributed by atoms with E-state index in [1.807, 2.05) is 0 Å². The molecule has 102 valence electrons. The van der Waals surface area contributed by atoms with Crippen LogP contribution in [0, 0.1) is 24.2 Å². The lowest BCUT2D eigenvalue weighted by Crippen LogP contribution is -2.66. The highest BCUT2D eigenvalue weighted by Gasteiger charge is 2.47. The Bertz CT molecular complexity index is 326. The minimum Gasteiger partial charge on any atom is -0.308 e. The second-order valence-electron chi connectivity index (χ2n) is 6.66. The highest BCUT2D eigenvalue weighted by molar-refractivity contribution is 5.10. The molecule has 1 aliphatic carbocycles. The van der Waals surface area contributed by atoms with Crippen LogP contribution in [0.2, 0.25) is 0 Å². The summed E-state index contributed by atoms with van der Waals surface area (Å²) in [5.41, 5.74) is 0.287. The fraction of sp³-hybridized carbons (Fsp3) is 0.875. The van der Waals surface area contributed by atoms with Crippen LogP contribution in [0.1, 0.15) is 47.0 Å². The van der Waals surface area contributed by atoms with Crippen molar-refractivity contribution in [3.8, 4) is 12.3 Å². The van der Waals surface area contributed by atoms with E-state index < -0.39 is 0 Å². The topological polar surface area (TPSA) is 15.3 Å². The van der Waals surface area contributed by atoms with Gasteiger partial charge < -0.3 is 5.32 Å². The number of hydrogen-bond donors (Lipinski definition) is 1. The van der Waals surface area contributed by atoms with Gasteiger partial charge in [-0.25, -0.2) is 0 Å². The van der Waals surface area contributed by atoms with Gasteiger partial charge >= 0.3 is 0 Å². The highest BCUT2D eigenvalue weighted by atomic mass is 15.3. The zero-order chi connectivity index (χ0) is 13.3. The molecule has 0 radical (unpaired) electrons. The number of piperazine rings is 1. The Morgan fingerprint density at radius 1 is 1.44 bits per heavy atom. The first-order valence-corrected chi connectivity index (χ1v) is 7.48. The third-order valence-corrected chi connectivity index (χ3v) is 4.83. The molecule has 18 heavy (non-hydrogen) atoms. The van der Waals surface area contributed by atoms with Gasteiger partial charge in [-0.05, 0) is 38.0 Å². The lowest BCUT2D eigenvalue weighted by atomic mass is 9.87. The van der Waals surface area contributed by atoms with Crippen molar-refractivity contribution in [3.63, 3.8) is 0 Å². The molecule has 3 unspecified atom stereocenters. The Balaban J connectivity index is 2.14. The summed E-state index contributed by atoms with van der Waals surface area (Å²) in [6.07, 6.45) is 9.74. The minimum absolute atomic E-state index is 0.287. The van der Waals surface area contributed by atoms with Crippen molar-refractivity contribution in [1.82, 2.24) is 10.2 Å². The zero-order valence-electron chi connectivity index (χ0n) is 12.4.